The maximum absolute atomic E-state index is 11.6. The van der Waals surface area contributed by atoms with Crippen molar-refractivity contribution in [2.45, 2.75) is 6.54 Å². The summed E-state index contributed by atoms with van der Waals surface area (Å²) < 4.78 is 1.57. The van der Waals surface area contributed by atoms with Crippen molar-refractivity contribution < 1.29 is 0 Å². The molecule has 0 saturated heterocycles. The number of hydrogen-bond acceptors (Lipinski definition) is 3. The molecular formula is C12H9ClN4O2. The molecular weight excluding hydrogens is 268 g/mol. The van der Waals surface area contributed by atoms with Crippen LogP contribution in [0, 0.1) is 0 Å². The summed E-state index contributed by atoms with van der Waals surface area (Å²) in [6.45, 7) is 0.426. The van der Waals surface area contributed by atoms with Gasteiger partial charge < -0.3 is 0 Å². The predicted octanol–water partition coefficient (Wildman–Crippen LogP) is 1.11. The van der Waals surface area contributed by atoms with Gasteiger partial charge in [0.05, 0.1) is 6.54 Å². The van der Waals surface area contributed by atoms with Gasteiger partial charge in [-0.05, 0) is 11.6 Å². The van der Waals surface area contributed by atoms with Crippen molar-refractivity contribution in [3.63, 3.8) is 0 Å². The van der Waals surface area contributed by atoms with E-state index in [0.717, 1.165) is 5.56 Å². The summed E-state index contributed by atoms with van der Waals surface area (Å²) in [7, 11) is 0. The van der Waals surface area contributed by atoms with Crippen LogP contribution in [0.25, 0.3) is 11.0 Å². The second-order valence-corrected chi connectivity index (χ2v) is 4.50. The Labute approximate surface area is 111 Å². The number of nitrogens with one attached hydrogen (secondary N) is 2. The molecule has 0 aliphatic rings. The van der Waals surface area contributed by atoms with Crippen LogP contribution in [0.15, 0.2) is 40.1 Å². The number of hydrogen-bond donors (Lipinski definition) is 2. The molecule has 2 heterocycles. The van der Waals surface area contributed by atoms with Crippen molar-refractivity contribution in [1.29, 1.82) is 0 Å². The minimum atomic E-state index is -0.569. The monoisotopic (exact) mass is 276 g/mol. The minimum absolute atomic E-state index is 0.265. The molecule has 3 rings (SSSR count). The molecule has 3 aromatic rings. The molecule has 0 fully saturated rings. The molecule has 19 heavy (non-hydrogen) atoms. The first-order valence-corrected chi connectivity index (χ1v) is 5.94. The Balaban J connectivity index is 2.08. The molecule has 2 aromatic heterocycles. The van der Waals surface area contributed by atoms with Gasteiger partial charge in [0.25, 0.3) is 5.56 Å². The lowest BCUT2D eigenvalue weighted by molar-refractivity contribution is 0.693. The van der Waals surface area contributed by atoms with Crippen LogP contribution >= 0.6 is 11.6 Å². The summed E-state index contributed by atoms with van der Waals surface area (Å²) in [5.74, 6) is 0. The Hall–Kier alpha value is -2.34. The molecule has 0 spiro atoms. The van der Waals surface area contributed by atoms with Gasteiger partial charge in [0.15, 0.2) is 5.65 Å². The Morgan fingerprint density at radius 3 is 2.79 bits per heavy atom. The Morgan fingerprint density at radius 2 is 2.00 bits per heavy atom. The van der Waals surface area contributed by atoms with Gasteiger partial charge in [-0.3, -0.25) is 19.4 Å². The zero-order valence-electron chi connectivity index (χ0n) is 9.68. The minimum Gasteiger partial charge on any atom is -0.290 e. The van der Waals surface area contributed by atoms with Crippen LogP contribution in [-0.2, 0) is 6.54 Å². The fraction of sp³-hybridized carbons (Fsp3) is 0.0833. The van der Waals surface area contributed by atoms with Crippen molar-refractivity contribution in [3.8, 4) is 0 Å². The largest absolute Gasteiger partial charge is 0.327 e. The number of aromatic amines is 2. The number of rotatable bonds is 2. The van der Waals surface area contributed by atoms with E-state index in [2.05, 4.69) is 15.1 Å². The summed E-state index contributed by atoms with van der Waals surface area (Å²) in [6.07, 6.45) is 1.58. The van der Waals surface area contributed by atoms with E-state index >= 15 is 0 Å². The van der Waals surface area contributed by atoms with Crippen molar-refractivity contribution >= 4 is 22.6 Å². The van der Waals surface area contributed by atoms with Gasteiger partial charge in [0.2, 0.25) is 0 Å². The topological polar surface area (TPSA) is 83.5 Å². The average molecular weight is 277 g/mol. The molecule has 0 saturated carbocycles. The molecule has 96 valence electrons. The van der Waals surface area contributed by atoms with Crippen molar-refractivity contribution in [1.82, 2.24) is 19.7 Å². The Kier molecular flexibility index (Phi) is 2.72. The number of fused-ring (bicyclic) bond motifs is 1. The first kappa shape index (κ1) is 11.7. The van der Waals surface area contributed by atoms with Gasteiger partial charge >= 0.3 is 5.69 Å². The molecule has 0 atom stereocenters. The van der Waals surface area contributed by atoms with Crippen LogP contribution in [0.2, 0.25) is 5.02 Å². The maximum Gasteiger partial charge on any atom is 0.327 e. The smallest absolute Gasteiger partial charge is 0.290 e. The quantitative estimate of drug-likeness (QED) is 0.735. The van der Waals surface area contributed by atoms with Crippen LogP contribution < -0.4 is 11.2 Å². The highest BCUT2D eigenvalue weighted by molar-refractivity contribution is 6.31. The highest BCUT2D eigenvalue weighted by Crippen LogP contribution is 2.16. The number of nitrogens with zero attached hydrogens (tertiary/aromatic N) is 2. The predicted molar refractivity (Wildman–Crippen MR) is 71.5 cm³/mol. The zero-order valence-corrected chi connectivity index (χ0v) is 10.4. The molecule has 0 radical (unpaired) electrons. The molecule has 0 unspecified atom stereocenters. The standard InChI is InChI=1S/C12H9ClN4O2/c13-9-4-2-1-3-7(9)5-17-6-8-10(16-17)14-12(19)15-11(8)18/h1-4,6H,5H2,(H2,14,15,16,18,19). The summed E-state index contributed by atoms with van der Waals surface area (Å²) in [5.41, 5.74) is 0.126. The van der Waals surface area contributed by atoms with Crippen LogP contribution in [0.4, 0.5) is 0 Å². The fourth-order valence-electron chi connectivity index (χ4n) is 1.87. The molecule has 0 bridgehead atoms. The zero-order chi connectivity index (χ0) is 13.4. The average Bonchev–Trinajstić information content (AvgIpc) is 2.75. The number of benzene rings is 1. The highest BCUT2D eigenvalue weighted by atomic mass is 35.5. The maximum atomic E-state index is 11.6. The summed E-state index contributed by atoms with van der Waals surface area (Å²) in [6, 6.07) is 7.38. The lowest BCUT2D eigenvalue weighted by atomic mass is 10.2. The van der Waals surface area contributed by atoms with Gasteiger partial charge in [0, 0.05) is 11.2 Å². The van der Waals surface area contributed by atoms with Crippen molar-refractivity contribution in [2.75, 3.05) is 0 Å². The lowest BCUT2D eigenvalue weighted by Crippen LogP contribution is -2.21. The van der Waals surface area contributed by atoms with Crippen LogP contribution in [-0.4, -0.2) is 19.7 Å². The van der Waals surface area contributed by atoms with E-state index in [4.69, 9.17) is 11.6 Å². The van der Waals surface area contributed by atoms with E-state index < -0.39 is 11.2 Å². The third-order valence-corrected chi connectivity index (χ3v) is 3.12. The van der Waals surface area contributed by atoms with Crippen molar-refractivity contribution in [3.05, 3.63) is 61.9 Å². The van der Waals surface area contributed by atoms with Gasteiger partial charge in [0.1, 0.15) is 5.39 Å². The van der Waals surface area contributed by atoms with E-state index in [9.17, 15) is 9.59 Å². The van der Waals surface area contributed by atoms with E-state index in [1.54, 1.807) is 16.9 Å². The van der Waals surface area contributed by atoms with Crippen molar-refractivity contribution in [2.24, 2.45) is 0 Å². The lowest BCUT2D eigenvalue weighted by Gasteiger charge is -2.03. The number of aromatic nitrogens is 4. The van der Waals surface area contributed by atoms with Crippen LogP contribution in [0.1, 0.15) is 5.56 Å². The Morgan fingerprint density at radius 1 is 1.21 bits per heavy atom. The SMILES string of the molecule is O=c1[nH]c(=O)c2cn(Cc3ccccc3Cl)nc2[nH]1. The molecule has 0 aliphatic heterocycles. The molecule has 6 nitrogen and oxygen atoms in total. The van der Waals surface area contributed by atoms with E-state index in [0.29, 0.717) is 17.0 Å². The second kappa shape index (κ2) is 4.40. The fourth-order valence-corrected chi connectivity index (χ4v) is 2.07. The van der Waals surface area contributed by atoms with E-state index in [1.807, 2.05) is 18.2 Å². The van der Waals surface area contributed by atoms with Crippen LogP contribution in [0.3, 0.4) is 0 Å². The molecule has 0 amide bonds. The first-order valence-electron chi connectivity index (χ1n) is 5.56. The van der Waals surface area contributed by atoms with Gasteiger partial charge in [-0.2, -0.15) is 5.10 Å². The van der Waals surface area contributed by atoms with E-state index in [-0.39, 0.29) is 5.65 Å². The first-order chi connectivity index (χ1) is 9.13. The summed E-state index contributed by atoms with van der Waals surface area (Å²) >= 11 is 6.06. The highest BCUT2D eigenvalue weighted by Gasteiger charge is 2.07. The summed E-state index contributed by atoms with van der Waals surface area (Å²) in [4.78, 5) is 27.4. The van der Waals surface area contributed by atoms with E-state index in [1.165, 1.54) is 0 Å². The molecule has 7 heteroatoms. The van der Waals surface area contributed by atoms with Gasteiger partial charge in [-0.15, -0.1) is 0 Å². The molecule has 1 aromatic carbocycles. The third-order valence-electron chi connectivity index (χ3n) is 2.76. The Bertz CT molecular complexity index is 862. The third kappa shape index (κ3) is 2.17. The summed E-state index contributed by atoms with van der Waals surface area (Å²) in [5, 5.41) is 5.12. The number of halogens is 1. The van der Waals surface area contributed by atoms with Crippen LogP contribution in [0.5, 0.6) is 0 Å². The van der Waals surface area contributed by atoms with Gasteiger partial charge in [-0.1, -0.05) is 29.8 Å². The van der Waals surface area contributed by atoms with Gasteiger partial charge in [-0.25, -0.2) is 4.79 Å². The normalized spacial score (nSPS) is 11.0. The molecule has 0 aliphatic carbocycles. The molecule has 2 N–H and O–H groups in total. The number of H-pyrrole nitrogens is 2. The second-order valence-electron chi connectivity index (χ2n) is 4.09.